The van der Waals surface area contributed by atoms with Crippen LogP contribution in [0.1, 0.15) is 31.9 Å². The van der Waals surface area contributed by atoms with Crippen molar-refractivity contribution in [2.45, 2.75) is 32.4 Å². The normalized spacial score (nSPS) is 28.2. The Morgan fingerprint density at radius 3 is 2.56 bits per heavy atom. The van der Waals surface area contributed by atoms with Gasteiger partial charge in [-0.3, -0.25) is 4.90 Å². The third-order valence-corrected chi connectivity index (χ3v) is 3.57. The molecule has 0 saturated carbocycles. The van der Waals surface area contributed by atoms with E-state index in [1.807, 2.05) is 6.07 Å². The van der Waals surface area contributed by atoms with Crippen molar-refractivity contribution in [2.75, 3.05) is 13.1 Å². The van der Waals surface area contributed by atoms with E-state index in [9.17, 15) is 0 Å². The summed E-state index contributed by atoms with van der Waals surface area (Å²) in [5, 5.41) is 0. The summed E-state index contributed by atoms with van der Waals surface area (Å²) in [6.45, 7) is 6.81. The molecule has 2 nitrogen and oxygen atoms in total. The largest absolute Gasteiger partial charge is 0.323 e. The lowest BCUT2D eigenvalue weighted by Gasteiger charge is -2.25. The first-order valence-electron chi connectivity index (χ1n) is 6.21. The van der Waals surface area contributed by atoms with Crippen molar-refractivity contribution in [3.63, 3.8) is 0 Å². The molecule has 2 N–H and O–H groups in total. The maximum absolute atomic E-state index is 6.24. The quantitative estimate of drug-likeness (QED) is 0.844. The first-order valence-corrected chi connectivity index (χ1v) is 6.21. The summed E-state index contributed by atoms with van der Waals surface area (Å²) in [4.78, 5) is 2.52. The SMILES string of the molecule is C[C@@H]1C[C@H](C)N(C[C@@H](N)c2ccccc2)C1. The average Bonchev–Trinajstić information content (AvgIpc) is 2.59. The highest BCUT2D eigenvalue weighted by molar-refractivity contribution is 5.18. The molecule has 1 aromatic carbocycles. The van der Waals surface area contributed by atoms with Gasteiger partial charge in [-0.05, 0) is 24.8 Å². The lowest BCUT2D eigenvalue weighted by molar-refractivity contribution is 0.249. The van der Waals surface area contributed by atoms with Crippen molar-refractivity contribution in [3.8, 4) is 0 Å². The fourth-order valence-electron chi connectivity index (χ4n) is 2.70. The fraction of sp³-hybridized carbons (Fsp3) is 0.571. The van der Waals surface area contributed by atoms with Crippen LogP contribution in [-0.4, -0.2) is 24.0 Å². The van der Waals surface area contributed by atoms with Crippen LogP contribution >= 0.6 is 0 Å². The van der Waals surface area contributed by atoms with E-state index in [1.165, 1.54) is 18.5 Å². The predicted octanol–water partition coefficient (Wildman–Crippen LogP) is 2.42. The molecule has 2 heteroatoms. The molecule has 1 aliphatic rings. The Morgan fingerprint density at radius 1 is 1.31 bits per heavy atom. The van der Waals surface area contributed by atoms with Gasteiger partial charge >= 0.3 is 0 Å². The van der Waals surface area contributed by atoms with Crippen LogP contribution in [0.15, 0.2) is 30.3 Å². The van der Waals surface area contributed by atoms with Crippen LogP contribution in [-0.2, 0) is 0 Å². The Hall–Kier alpha value is -0.860. The zero-order chi connectivity index (χ0) is 11.5. The van der Waals surface area contributed by atoms with E-state index in [0.29, 0.717) is 6.04 Å². The predicted molar refractivity (Wildman–Crippen MR) is 68.2 cm³/mol. The van der Waals surface area contributed by atoms with E-state index < -0.39 is 0 Å². The van der Waals surface area contributed by atoms with Crippen molar-refractivity contribution in [1.82, 2.24) is 4.90 Å². The van der Waals surface area contributed by atoms with Gasteiger partial charge in [0.15, 0.2) is 0 Å². The molecule has 0 spiro atoms. The van der Waals surface area contributed by atoms with Crippen molar-refractivity contribution >= 4 is 0 Å². The Morgan fingerprint density at radius 2 is 2.00 bits per heavy atom. The number of hydrogen-bond donors (Lipinski definition) is 1. The molecule has 0 aliphatic carbocycles. The Labute approximate surface area is 98.4 Å². The van der Waals surface area contributed by atoms with Gasteiger partial charge in [-0.15, -0.1) is 0 Å². The van der Waals surface area contributed by atoms with Gasteiger partial charge in [-0.25, -0.2) is 0 Å². The third-order valence-electron chi connectivity index (χ3n) is 3.57. The van der Waals surface area contributed by atoms with E-state index >= 15 is 0 Å². The summed E-state index contributed by atoms with van der Waals surface area (Å²) in [5.74, 6) is 0.818. The zero-order valence-electron chi connectivity index (χ0n) is 10.3. The molecule has 0 aromatic heterocycles. The number of rotatable bonds is 3. The molecule has 1 aromatic rings. The number of hydrogen-bond acceptors (Lipinski definition) is 2. The standard InChI is InChI=1S/C14H22N2/c1-11-8-12(2)16(9-11)10-14(15)13-6-4-3-5-7-13/h3-7,11-12,14H,8-10,15H2,1-2H3/t11-,12+,14-/m1/s1. The molecule has 0 bridgehead atoms. The molecule has 16 heavy (non-hydrogen) atoms. The zero-order valence-corrected chi connectivity index (χ0v) is 10.3. The average molecular weight is 218 g/mol. The minimum atomic E-state index is 0.147. The number of nitrogens with two attached hydrogens (primary N) is 1. The second-order valence-electron chi connectivity index (χ2n) is 5.16. The summed E-state index contributed by atoms with van der Waals surface area (Å²) in [6.07, 6.45) is 1.31. The summed E-state index contributed by atoms with van der Waals surface area (Å²) < 4.78 is 0. The summed E-state index contributed by atoms with van der Waals surface area (Å²) in [6, 6.07) is 11.2. The lowest BCUT2D eigenvalue weighted by Crippen LogP contribution is -2.34. The molecule has 0 amide bonds. The highest BCUT2D eigenvalue weighted by Crippen LogP contribution is 2.24. The molecule has 0 unspecified atom stereocenters. The van der Waals surface area contributed by atoms with Crippen molar-refractivity contribution in [2.24, 2.45) is 11.7 Å². The van der Waals surface area contributed by atoms with Gasteiger partial charge in [0.2, 0.25) is 0 Å². The molecule has 1 heterocycles. The summed E-state index contributed by atoms with van der Waals surface area (Å²) in [5.41, 5.74) is 7.49. The highest BCUT2D eigenvalue weighted by atomic mass is 15.2. The maximum Gasteiger partial charge on any atom is 0.0424 e. The minimum absolute atomic E-state index is 0.147. The fourth-order valence-corrected chi connectivity index (χ4v) is 2.70. The van der Waals surface area contributed by atoms with Crippen LogP contribution in [0.25, 0.3) is 0 Å². The van der Waals surface area contributed by atoms with E-state index in [0.717, 1.165) is 12.5 Å². The van der Waals surface area contributed by atoms with Crippen molar-refractivity contribution < 1.29 is 0 Å². The van der Waals surface area contributed by atoms with Crippen LogP contribution in [0.4, 0.5) is 0 Å². The second-order valence-corrected chi connectivity index (χ2v) is 5.16. The molecular formula is C14H22N2. The van der Waals surface area contributed by atoms with Crippen molar-refractivity contribution in [3.05, 3.63) is 35.9 Å². The second kappa shape index (κ2) is 4.98. The number of likely N-dealkylation sites (tertiary alicyclic amines) is 1. The van der Waals surface area contributed by atoms with Crippen LogP contribution in [0.2, 0.25) is 0 Å². The smallest absolute Gasteiger partial charge is 0.0424 e. The van der Waals surface area contributed by atoms with E-state index in [1.54, 1.807) is 0 Å². The summed E-state index contributed by atoms with van der Waals surface area (Å²) in [7, 11) is 0. The third kappa shape index (κ3) is 2.63. The number of benzene rings is 1. The topological polar surface area (TPSA) is 29.3 Å². The first-order chi connectivity index (χ1) is 7.66. The van der Waals surface area contributed by atoms with Gasteiger partial charge in [0.05, 0.1) is 0 Å². The monoisotopic (exact) mass is 218 g/mol. The van der Waals surface area contributed by atoms with Gasteiger partial charge in [0.1, 0.15) is 0 Å². The lowest BCUT2D eigenvalue weighted by atomic mass is 10.1. The van der Waals surface area contributed by atoms with Crippen molar-refractivity contribution in [1.29, 1.82) is 0 Å². The number of nitrogens with zero attached hydrogens (tertiary/aromatic N) is 1. The van der Waals surface area contributed by atoms with Gasteiger partial charge < -0.3 is 5.73 Å². The van der Waals surface area contributed by atoms with Crippen LogP contribution in [0.5, 0.6) is 0 Å². The van der Waals surface area contributed by atoms with Gasteiger partial charge in [-0.1, -0.05) is 37.3 Å². The van der Waals surface area contributed by atoms with E-state index in [2.05, 4.69) is 43.0 Å². The van der Waals surface area contributed by atoms with Crippen LogP contribution in [0, 0.1) is 5.92 Å². The summed E-state index contributed by atoms with van der Waals surface area (Å²) >= 11 is 0. The molecule has 3 atom stereocenters. The molecule has 0 radical (unpaired) electrons. The van der Waals surface area contributed by atoms with E-state index in [4.69, 9.17) is 5.73 Å². The van der Waals surface area contributed by atoms with Crippen LogP contribution < -0.4 is 5.73 Å². The Kier molecular flexibility index (Phi) is 3.62. The molecule has 1 aliphatic heterocycles. The Bertz CT molecular complexity index is 323. The molecular weight excluding hydrogens is 196 g/mol. The van der Waals surface area contributed by atoms with Crippen LogP contribution in [0.3, 0.4) is 0 Å². The maximum atomic E-state index is 6.24. The van der Waals surface area contributed by atoms with Gasteiger partial charge in [0.25, 0.3) is 0 Å². The first kappa shape index (κ1) is 11.6. The van der Waals surface area contributed by atoms with Gasteiger partial charge in [0, 0.05) is 25.2 Å². The highest BCUT2D eigenvalue weighted by Gasteiger charge is 2.27. The molecule has 1 fully saturated rings. The molecule has 1 saturated heterocycles. The molecule has 88 valence electrons. The molecule has 2 rings (SSSR count). The minimum Gasteiger partial charge on any atom is -0.323 e. The van der Waals surface area contributed by atoms with E-state index in [-0.39, 0.29) is 6.04 Å². The van der Waals surface area contributed by atoms with Gasteiger partial charge in [-0.2, -0.15) is 0 Å². The Balaban J connectivity index is 1.95.